The van der Waals surface area contributed by atoms with Crippen LogP contribution in [-0.2, 0) is 5.41 Å². The molecule has 0 heterocycles. The molecule has 0 radical (unpaired) electrons. The molecule has 4 nitrogen and oxygen atoms in total. The highest BCUT2D eigenvalue weighted by Crippen LogP contribution is 2.46. The summed E-state index contributed by atoms with van der Waals surface area (Å²) in [7, 11) is 0. The Balaban J connectivity index is 1.90. The number of benzene rings is 2. The van der Waals surface area contributed by atoms with Gasteiger partial charge >= 0.3 is 0 Å². The van der Waals surface area contributed by atoms with E-state index in [0.717, 1.165) is 11.4 Å². The van der Waals surface area contributed by atoms with Crippen molar-refractivity contribution in [3.8, 4) is 0 Å². The summed E-state index contributed by atoms with van der Waals surface area (Å²) in [6.45, 7) is 12.7. The van der Waals surface area contributed by atoms with Crippen LogP contribution in [0.15, 0.2) is 36.4 Å². The first-order valence-corrected chi connectivity index (χ1v) is 13.3. The van der Waals surface area contributed by atoms with Crippen molar-refractivity contribution >= 4 is 46.0 Å². The summed E-state index contributed by atoms with van der Waals surface area (Å²) in [5.74, 6) is 0. The number of hydrogen-bond acceptors (Lipinski definition) is 2. The van der Waals surface area contributed by atoms with Crippen molar-refractivity contribution < 1.29 is 0 Å². The van der Waals surface area contributed by atoms with Crippen molar-refractivity contribution in [1.29, 1.82) is 0 Å². The molecule has 184 valence electrons. The molecule has 1 aliphatic rings. The average molecular weight is 497 g/mol. The van der Waals surface area contributed by atoms with Crippen LogP contribution in [0.25, 0.3) is 0 Å². The average Bonchev–Trinajstić information content (AvgIpc) is 2.76. The predicted octanol–water partition coefficient (Wildman–Crippen LogP) is 6.94. The lowest BCUT2D eigenvalue weighted by Gasteiger charge is -2.39. The summed E-state index contributed by atoms with van der Waals surface area (Å²) in [4.78, 5) is 0. The summed E-state index contributed by atoms with van der Waals surface area (Å²) in [5, 5.41) is 14.6. The number of nitrogens with one attached hydrogen (secondary N) is 4. The number of rotatable bonds is 6. The van der Waals surface area contributed by atoms with E-state index in [2.05, 4.69) is 99.2 Å². The van der Waals surface area contributed by atoms with Crippen molar-refractivity contribution in [1.82, 2.24) is 10.6 Å². The quantitative estimate of drug-likeness (QED) is 0.325. The van der Waals surface area contributed by atoms with Crippen LogP contribution in [0.1, 0.15) is 82.1 Å². The Morgan fingerprint density at radius 2 is 1.12 bits per heavy atom. The molecule has 0 saturated heterocycles. The molecule has 0 bridgehead atoms. The summed E-state index contributed by atoms with van der Waals surface area (Å²) in [6, 6.07) is 14.3. The first-order chi connectivity index (χ1) is 16.1. The van der Waals surface area contributed by atoms with E-state index in [4.69, 9.17) is 24.4 Å². The zero-order valence-electron chi connectivity index (χ0n) is 21.5. The third kappa shape index (κ3) is 6.48. The normalized spacial score (nSPS) is 15.2. The van der Waals surface area contributed by atoms with Crippen molar-refractivity contribution in [3.63, 3.8) is 0 Å². The molecule has 0 amide bonds. The third-order valence-corrected chi connectivity index (χ3v) is 7.04. The summed E-state index contributed by atoms with van der Waals surface area (Å²) >= 11 is 10.9. The Hall–Kier alpha value is -2.18. The smallest absolute Gasteiger partial charge is 0.170 e. The minimum Gasteiger partial charge on any atom is -0.360 e. The van der Waals surface area contributed by atoms with Gasteiger partial charge < -0.3 is 21.3 Å². The van der Waals surface area contributed by atoms with Crippen LogP contribution >= 0.6 is 24.4 Å². The van der Waals surface area contributed by atoms with Crippen LogP contribution in [0, 0.1) is 13.8 Å². The first kappa shape index (κ1) is 26.4. The highest BCUT2D eigenvalue weighted by molar-refractivity contribution is 7.80. The van der Waals surface area contributed by atoms with E-state index < -0.39 is 0 Å². The molecule has 34 heavy (non-hydrogen) atoms. The molecular weight excluding hydrogens is 456 g/mol. The van der Waals surface area contributed by atoms with Crippen LogP contribution in [0.3, 0.4) is 0 Å². The highest BCUT2D eigenvalue weighted by Gasteiger charge is 2.36. The van der Waals surface area contributed by atoms with Crippen molar-refractivity contribution in [2.45, 2.75) is 91.1 Å². The van der Waals surface area contributed by atoms with E-state index in [1.54, 1.807) is 0 Å². The molecule has 1 saturated carbocycles. The molecule has 6 heteroatoms. The van der Waals surface area contributed by atoms with Gasteiger partial charge in [-0.25, -0.2) is 0 Å². The zero-order valence-corrected chi connectivity index (χ0v) is 23.1. The van der Waals surface area contributed by atoms with Crippen molar-refractivity contribution in [3.05, 3.63) is 58.7 Å². The molecule has 2 aromatic carbocycles. The standard InChI is InChI=1S/C28H40N4S2/c1-18(2)29-26(33)31-24-12-10-22(16-20(24)5)28(14-8-7-9-15-28)23-11-13-25(21(6)17-23)32-27(34)30-19(3)4/h10-13,16-19H,7-9,14-15H2,1-6H3,(H2,29,31,33)(H2,30,32,34). The topological polar surface area (TPSA) is 48.1 Å². The zero-order chi connectivity index (χ0) is 24.9. The fourth-order valence-electron chi connectivity index (χ4n) is 4.94. The van der Waals surface area contributed by atoms with Gasteiger partial charge in [-0.15, -0.1) is 0 Å². The predicted molar refractivity (Wildman–Crippen MR) is 155 cm³/mol. The molecule has 0 atom stereocenters. The lowest BCUT2D eigenvalue weighted by Crippen LogP contribution is -2.34. The second-order valence-electron chi connectivity index (χ2n) is 10.2. The van der Waals surface area contributed by atoms with Crippen LogP contribution in [0.4, 0.5) is 11.4 Å². The molecule has 0 spiro atoms. The lowest BCUT2D eigenvalue weighted by molar-refractivity contribution is 0.346. The number of anilines is 2. The number of hydrogen-bond donors (Lipinski definition) is 4. The Morgan fingerprint density at radius 1 is 0.706 bits per heavy atom. The van der Waals surface area contributed by atoms with Gasteiger partial charge in [0, 0.05) is 28.9 Å². The molecule has 3 rings (SSSR count). The van der Waals surface area contributed by atoms with Crippen LogP contribution in [-0.4, -0.2) is 22.3 Å². The maximum Gasteiger partial charge on any atom is 0.170 e. The van der Waals surface area contributed by atoms with Crippen LogP contribution < -0.4 is 21.3 Å². The van der Waals surface area contributed by atoms with Gasteiger partial charge in [0.25, 0.3) is 0 Å². The van der Waals surface area contributed by atoms with E-state index in [9.17, 15) is 0 Å². The van der Waals surface area contributed by atoms with Gasteiger partial charge in [0.15, 0.2) is 10.2 Å². The van der Waals surface area contributed by atoms with Gasteiger partial charge in [-0.1, -0.05) is 43.5 Å². The van der Waals surface area contributed by atoms with Gasteiger partial charge in [0.2, 0.25) is 0 Å². The van der Waals surface area contributed by atoms with E-state index in [1.165, 1.54) is 54.4 Å². The van der Waals surface area contributed by atoms with Crippen molar-refractivity contribution in [2.75, 3.05) is 10.6 Å². The third-order valence-electron chi connectivity index (χ3n) is 6.60. The second-order valence-corrected chi connectivity index (χ2v) is 11.0. The molecule has 0 aliphatic heterocycles. The maximum atomic E-state index is 5.47. The highest BCUT2D eigenvalue weighted by atomic mass is 32.1. The van der Waals surface area contributed by atoms with E-state index in [-0.39, 0.29) is 5.41 Å². The minimum absolute atomic E-state index is 0.0399. The molecule has 2 aromatic rings. The van der Waals surface area contributed by atoms with E-state index >= 15 is 0 Å². The summed E-state index contributed by atoms with van der Waals surface area (Å²) in [5.41, 5.74) is 7.40. The molecule has 0 aromatic heterocycles. The molecule has 0 unspecified atom stereocenters. The van der Waals surface area contributed by atoms with Gasteiger partial charge in [0.05, 0.1) is 0 Å². The lowest BCUT2D eigenvalue weighted by atomic mass is 9.65. The van der Waals surface area contributed by atoms with Gasteiger partial charge in [-0.2, -0.15) is 0 Å². The fourth-order valence-corrected chi connectivity index (χ4v) is 5.64. The second kappa shape index (κ2) is 11.5. The Morgan fingerprint density at radius 3 is 1.47 bits per heavy atom. The first-order valence-electron chi connectivity index (χ1n) is 12.5. The Kier molecular flexibility index (Phi) is 8.94. The molecule has 1 fully saturated rings. The molecular formula is C28H40N4S2. The van der Waals surface area contributed by atoms with Crippen LogP contribution in [0.2, 0.25) is 0 Å². The maximum absolute atomic E-state index is 5.47. The van der Waals surface area contributed by atoms with Gasteiger partial charge in [0.1, 0.15) is 0 Å². The minimum atomic E-state index is 0.0399. The van der Waals surface area contributed by atoms with Gasteiger partial charge in [-0.3, -0.25) is 0 Å². The fraction of sp³-hybridized carbons (Fsp3) is 0.500. The number of thiocarbonyl (C=S) groups is 2. The Bertz CT molecular complexity index is 948. The molecule has 4 N–H and O–H groups in total. The summed E-state index contributed by atoms with van der Waals surface area (Å²) in [6.07, 6.45) is 6.16. The monoisotopic (exact) mass is 496 g/mol. The largest absolute Gasteiger partial charge is 0.360 e. The van der Waals surface area contributed by atoms with E-state index in [0.29, 0.717) is 22.3 Å². The SMILES string of the molecule is Cc1cc(C2(c3ccc(NC(=S)NC(C)C)c(C)c3)CCCCC2)ccc1NC(=S)NC(C)C. The van der Waals surface area contributed by atoms with Gasteiger partial charge in [-0.05, 0) is 113 Å². The van der Waals surface area contributed by atoms with Crippen molar-refractivity contribution in [2.24, 2.45) is 0 Å². The van der Waals surface area contributed by atoms with Crippen LogP contribution in [0.5, 0.6) is 0 Å². The summed E-state index contributed by atoms with van der Waals surface area (Å²) < 4.78 is 0. The molecule has 1 aliphatic carbocycles. The van der Waals surface area contributed by atoms with E-state index in [1.807, 2.05) is 0 Å². The number of aryl methyl sites for hydroxylation is 2. The Labute approximate surface area is 216 Å².